The van der Waals surface area contributed by atoms with Gasteiger partial charge in [-0.15, -0.1) is 0 Å². The Kier molecular flexibility index (Phi) is 5.73. The number of hydrogen-bond acceptors (Lipinski definition) is 9. The van der Waals surface area contributed by atoms with Crippen LogP contribution < -0.4 is 4.74 Å². The summed E-state index contributed by atoms with van der Waals surface area (Å²) in [6.07, 6.45) is 0. The highest BCUT2D eigenvalue weighted by molar-refractivity contribution is 5.97. The molecule has 1 unspecified atom stereocenters. The zero-order chi connectivity index (χ0) is 24.1. The van der Waals surface area contributed by atoms with Gasteiger partial charge in [0.15, 0.2) is 6.61 Å². The third-order valence-corrected chi connectivity index (χ3v) is 6.22. The average molecular weight is 446 g/mol. The van der Waals surface area contributed by atoms with Crippen LogP contribution in [0.4, 0.5) is 0 Å². The average Bonchev–Trinajstić information content (AvgIpc) is 2.74. The Hall–Kier alpha value is -3.46. The van der Waals surface area contributed by atoms with Gasteiger partial charge in [0.25, 0.3) is 5.79 Å². The summed E-state index contributed by atoms with van der Waals surface area (Å²) in [5, 5.41) is 41.7. The van der Waals surface area contributed by atoms with E-state index in [1.165, 1.54) is 27.0 Å². The molecule has 3 rings (SSSR count). The SMILES string of the molecule is COc1cc(O)c2c(c1C)[C@H](C)C(O)(COC(=O)c1c(C)c(C)c(O)c(C)c1O)OC2=O. The first-order valence-corrected chi connectivity index (χ1v) is 9.90. The van der Waals surface area contributed by atoms with Gasteiger partial charge in [-0.25, -0.2) is 9.59 Å². The molecule has 1 heterocycles. The largest absolute Gasteiger partial charge is 0.507 e. The van der Waals surface area contributed by atoms with Crippen LogP contribution in [0.25, 0.3) is 0 Å². The third kappa shape index (κ3) is 3.38. The van der Waals surface area contributed by atoms with Crippen molar-refractivity contribution in [2.24, 2.45) is 0 Å². The molecule has 2 aromatic carbocycles. The number of rotatable bonds is 4. The first kappa shape index (κ1) is 23.2. The summed E-state index contributed by atoms with van der Waals surface area (Å²) >= 11 is 0. The highest BCUT2D eigenvalue weighted by Gasteiger charge is 2.48. The monoisotopic (exact) mass is 446 g/mol. The number of carbonyl (C=O) groups is 2. The van der Waals surface area contributed by atoms with Crippen LogP contribution in [-0.4, -0.2) is 51.9 Å². The normalized spacial score (nSPS) is 19.8. The fraction of sp³-hybridized carbons (Fsp3) is 0.391. The fourth-order valence-electron chi connectivity index (χ4n) is 4.03. The van der Waals surface area contributed by atoms with Crippen molar-refractivity contribution in [3.63, 3.8) is 0 Å². The molecule has 172 valence electrons. The number of hydrogen-bond donors (Lipinski definition) is 4. The highest BCUT2D eigenvalue weighted by Crippen LogP contribution is 2.45. The van der Waals surface area contributed by atoms with Crippen LogP contribution >= 0.6 is 0 Å². The smallest absolute Gasteiger partial charge is 0.344 e. The van der Waals surface area contributed by atoms with E-state index in [4.69, 9.17) is 14.2 Å². The summed E-state index contributed by atoms with van der Waals surface area (Å²) in [4.78, 5) is 25.3. The van der Waals surface area contributed by atoms with Crippen LogP contribution in [0.15, 0.2) is 6.07 Å². The minimum atomic E-state index is -2.23. The zero-order valence-corrected chi connectivity index (χ0v) is 18.7. The maximum Gasteiger partial charge on any atom is 0.344 e. The topological polar surface area (TPSA) is 143 Å². The highest BCUT2D eigenvalue weighted by atomic mass is 16.7. The number of phenolic OH excluding ortho intramolecular Hbond substituents is 3. The Morgan fingerprint density at radius 2 is 1.69 bits per heavy atom. The molecule has 0 radical (unpaired) electrons. The molecule has 0 aromatic heterocycles. The quantitative estimate of drug-likeness (QED) is 0.521. The van der Waals surface area contributed by atoms with Gasteiger partial charge >= 0.3 is 11.9 Å². The van der Waals surface area contributed by atoms with E-state index < -0.39 is 36.0 Å². The summed E-state index contributed by atoms with van der Waals surface area (Å²) in [5.74, 6) is -5.66. The third-order valence-electron chi connectivity index (χ3n) is 6.22. The molecule has 0 fully saturated rings. The number of carbonyl (C=O) groups excluding carboxylic acids is 2. The van der Waals surface area contributed by atoms with Crippen molar-refractivity contribution in [2.75, 3.05) is 13.7 Å². The molecular formula is C23H26O9. The molecule has 1 aliphatic heterocycles. The second-order valence-electron chi connectivity index (χ2n) is 7.99. The van der Waals surface area contributed by atoms with Gasteiger partial charge in [0.2, 0.25) is 0 Å². The van der Waals surface area contributed by atoms with E-state index in [2.05, 4.69) is 0 Å². The van der Waals surface area contributed by atoms with Gasteiger partial charge in [-0.05, 0) is 49.9 Å². The number of aromatic hydroxyl groups is 3. The van der Waals surface area contributed by atoms with Crippen LogP contribution in [0.2, 0.25) is 0 Å². The number of aliphatic hydroxyl groups is 1. The molecule has 2 aromatic rings. The molecule has 32 heavy (non-hydrogen) atoms. The Morgan fingerprint density at radius 3 is 2.28 bits per heavy atom. The minimum Gasteiger partial charge on any atom is -0.507 e. The van der Waals surface area contributed by atoms with E-state index in [1.54, 1.807) is 20.8 Å². The molecule has 0 aliphatic carbocycles. The van der Waals surface area contributed by atoms with Crippen molar-refractivity contribution in [2.45, 2.75) is 46.3 Å². The maximum absolute atomic E-state index is 12.8. The van der Waals surface area contributed by atoms with Crippen molar-refractivity contribution in [3.8, 4) is 23.0 Å². The number of fused-ring (bicyclic) bond motifs is 1. The van der Waals surface area contributed by atoms with E-state index >= 15 is 0 Å². The number of ether oxygens (including phenoxy) is 3. The van der Waals surface area contributed by atoms with Gasteiger partial charge in [-0.2, -0.15) is 0 Å². The summed E-state index contributed by atoms with van der Waals surface area (Å²) < 4.78 is 15.6. The molecule has 4 N–H and O–H groups in total. The molecule has 9 nitrogen and oxygen atoms in total. The van der Waals surface area contributed by atoms with Crippen molar-refractivity contribution >= 4 is 11.9 Å². The van der Waals surface area contributed by atoms with Crippen LogP contribution in [0.5, 0.6) is 23.0 Å². The van der Waals surface area contributed by atoms with Crippen LogP contribution in [0.3, 0.4) is 0 Å². The summed E-state index contributed by atoms with van der Waals surface area (Å²) in [6, 6.07) is 1.29. The summed E-state index contributed by atoms with van der Waals surface area (Å²) in [6.45, 7) is 7.08. The maximum atomic E-state index is 12.8. The molecule has 0 saturated carbocycles. The second kappa shape index (κ2) is 7.90. The van der Waals surface area contributed by atoms with Crippen LogP contribution in [0, 0.1) is 27.7 Å². The predicted molar refractivity (Wildman–Crippen MR) is 112 cm³/mol. The van der Waals surface area contributed by atoms with E-state index in [1.807, 2.05) is 0 Å². The lowest BCUT2D eigenvalue weighted by Gasteiger charge is -2.38. The van der Waals surface area contributed by atoms with E-state index in [0.29, 0.717) is 28.0 Å². The number of methoxy groups -OCH3 is 1. The van der Waals surface area contributed by atoms with E-state index in [0.717, 1.165) is 0 Å². The lowest BCUT2D eigenvalue weighted by atomic mass is 9.82. The number of benzene rings is 2. The van der Waals surface area contributed by atoms with Gasteiger partial charge in [-0.3, -0.25) is 0 Å². The van der Waals surface area contributed by atoms with Gasteiger partial charge in [-0.1, -0.05) is 6.92 Å². The summed E-state index contributed by atoms with van der Waals surface area (Å²) in [7, 11) is 1.41. The van der Waals surface area contributed by atoms with Crippen LogP contribution in [0.1, 0.15) is 61.4 Å². The second-order valence-corrected chi connectivity index (χ2v) is 7.99. The van der Waals surface area contributed by atoms with Gasteiger partial charge in [0.05, 0.1) is 13.0 Å². The van der Waals surface area contributed by atoms with Crippen molar-refractivity contribution in [1.82, 2.24) is 0 Å². The number of phenols is 3. The minimum absolute atomic E-state index is 0.0925. The Bertz CT molecular complexity index is 1110. The number of cyclic esters (lactones) is 1. The van der Waals surface area contributed by atoms with Crippen molar-refractivity contribution < 1.29 is 44.2 Å². The lowest BCUT2D eigenvalue weighted by molar-refractivity contribution is -0.206. The molecule has 1 aliphatic rings. The fourth-order valence-corrected chi connectivity index (χ4v) is 4.03. The predicted octanol–water partition coefficient (Wildman–Crippen LogP) is 2.87. The molecular weight excluding hydrogens is 420 g/mol. The first-order valence-electron chi connectivity index (χ1n) is 9.90. The van der Waals surface area contributed by atoms with Gasteiger partial charge in [0, 0.05) is 11.6 Å². The first-order chi connectivity index (χ1) is 14.9. The lowest BCUT2D eigenvalue weighted by Crippen LogP contribution is -2.48. The van der Waals surface area contributed by atoms with Crippen LogP contribution in [-0.2, 0) is 9.47 Å². The Balaban J connectivity index is 1.96. The zero-order valence-electron chi connectivity index (χ0n) is 18.7. The Morgan fingerprint density at radius 1 is 1.06 bits per heavy atom. The van der Waals surface area contributed by atoms with Crippen molar-refractivity contribution in [1.29, 1.82) is 0 Å². The van der Waals surface area contributed by atoms with Gasteiger partial charge < -0.3 is 34.6 Å². The Labute approximate surface area is 184 Å². The summed E-state index contributed by atoms with van der Waals surface area (Å²) in [5.41, 5.74) is 1.41. The molecule has 9 heteroatoms. The molecule has 0 spiro atoms. The van der Waals surface area contributed by atoms with E-state index in [9.17, 15) is 30.0 Å². The van der Waals surface area contributed by atoms with Crippen molar-refractivity contribution in [3.05, 3.63) is 45.0 Å². The molecule has 0 saturated heterocycles. The number of esters is 2. The standard InChI is InChI=1S/C23H26O9/c1-9-10(2)19(25)12(4)20(26)17(9)21(27)31-8-23(29)13(5)16-11(3)15(30-6)7-14(24)18(16)22(28)32-23/h7,13,24-26,29H,8H2,1-6H3/t13-,23?/m0/s1. The molecule has 2 atom stereocenters. The molecule has 0 bridgehead atoms. The molecule has 0 amide bonds. The van der Waals surface area contributed by atoms with E-state index in [-0.39, 0.29) is 28.2 Å². The van der Waals surface area contributed by atoms with Gasteiger partial charge in [0.1, 0.15) is 34.1 Å².